The van der Waals surface area contributed by atoms with Crippen LogP contribution in [-0.4, -0.2) is 16.6 Å². The summed E-state index contributed by atoms with van der Waals surface area (Å²) in [5, 5.41) is 3.38. The Morgan fingerprint density at radius 2 is 2.05 bits per heavy atom. The van der Waals surface area contributed by atoms with E-state index in [-0.39, 0.29) is 11.5 Å². The van der Waals surface area contributed by atoms with Crippen molar-refractivity contribution in [3.05, 3.63) is 57.5 Å². The maximum absolute atomic E-state index is 12.2. The lowest BCUT2D eigenvalue weighted by atomic mass is 10.2. The third kappa shape index (κ3) is 3.65. The summed E-state index contributed by atoms with van der Waals surface area (Å²) in [7, 11) is 0. The van der Waals surface area contributed by atoms with E-state index in [9.17, 15) is 9.59 Å². The smallest absolute Gasteiger partial charge is 0.258 e. The number of amides is 1. The summed E-state index contributed by atoms with van der Waals surface area (Å²) in [5.41, 5.74) is 0.883. The van der Waals surface area contributed by atoms with Crippen LogP contribution in [0.15, 0.2) is 46.2 Å². The number of nitrogens with one attached hydrogen (secondary N) is 2. The van der Waals surface area contributed by atoms with Crippen LogP contribution in [0.5, 0.6) is 0 Å². The number of pyridine rings is 1. The molecule has 0 spiro atoms. The van der Waals surface area contributed by atoms with E-state index in [1.807, 2.05) is 6.92 Å². The molecule has 6 heteroatoms. The minimum Gasteiger partial charge on any atom is -0.328 e. The van der Waals surface area contributed by atoms with Crippen LogP contribution in [0.4, 0.5) is 5.69 Å². The SMILES string of the molecule is CCSc1cc(=O)[nH]cc1C(=O)Nc1ccc(Cl)cc1. The molecule has 2 aromatic rings. The van der Waals surface area contributed by atoms with Gasteiger partial charge in [-0.2, -0.15) is 0 Å². The highest BCUT2D eigenvalue weighted by molar-refractivity contribution is 7.99. The second kappa shape index (κ2) is 6.63. The number of hydrogen-bond donors (Lipinski definition) is 2. The van der Waals surface area contributed by atoms with Gasteiger partial charge in [0.2, 0.25) is 5.56 Å². The number of thioether (sulfide) groups is 1. The fraction of sp³-hybridized carbons (Fsp3) is 0.143. The van der Waals surface area contributed by atoms with Crippen molar-refractivity contribution >= 4 is 35.0 Å². The van der Waals surface area contributed by atoms with E-state index in [0.717, 1.165) is 5.75 Å². The highest BCUT2D eigenvalue weighted by Crippen LogP contribution is 2.21. The van der Waals surface area contributed by atoms with Gasteiger partial charge < -0.3 is 10.3 Å². The second-order valence-electron chi connectivity index (χ2n) is 3.97. The van der Waals surface area contributed by atoms with Gasteiger partial charge in [-0.15, -0.1) is 11.8 Å². The molecule has 104 valence electrons. The molecular weight excluding hydrogens is 296 g/mol. The molecule has 0 aliphatic rings. The number of rotatable bonds is 4. The molecule has 1 amide bonds. The van der Waals surface area contributed by atoms with Crippen molar-refractivity contribution in [2.75, 3.05) is 11.1 Å². The highest BCUT2D eigenvalue weighted by Gasteiger charge is 2.12. The second-order valence-corrected chi connectivity index (χ2v) is 5.71. The Morgan fingerprint density at radius 3 is 2.70 bits per heavy atom. The van der Waals surface area contributed by atoms with Crippen molar-refractivity contribution in [1.82, 2.24) is 4.98 Å². The summed E-state index contributed by atoms with van der Waals surface area (Å²) in [4.78, 5) is 26.7. The molecule has 20 heavy (non-hydrogen) atoms. The van der Waals surface area contributed by atoms with Gasteiger partial charge in [0.25, 0.3) is 5.91 Å². The summed E-state index contributed by atoms with van der Waals surface area (Å²) >= 11 is 7.25. The fourth-order valence-corrected chi connectivity index (χ4v) is 2.57. The zero-order chi connectivity index (χ0) is 14.5. The lowest BCUT2D eigenvalue weighted by Crippen LogP contribution is -2.16. The Bertz CT molecular complexity index is 668. The van der Waals surface area contributed by atoms with Crippen molar-refractivity contribution in [1.29, 1.82) is 0 Å². The molecule has 0 fully saturated rings. The zero-order valence-electron chi connectivity index (χ0n) is 10.8. The fourth-order valence-electron chi connectivity index (χ4n) is 1.64. The first-order chi connectivity index (χ1) is 9.60. The van der Waals surface area contributed by atoms with E-state index in [4.69, 9.17) is 11.6 Å². The third-order valence-electron chi connectivity index (χ3n) is 2.53. The number of halogens is 1. The first kappa shape index (κ1) is 14.7. The topological polar surface area (TPSA) is 62.0 Å². The molecule has 0 aliphatic heterocycles. The number of carbonyl (C=O) groups excluding carboxylic acids is 1. The first-order valence-corrected chi connectivity index (χ1v) is 7.39. The van der Waals surface area contributed by atoms with Gasteiger partial charge in [-0.3, -0.25) is 9.59 Å². The van der Waals surface area contributed by atoms with Crippen molar-refractivity contribution < 1.29 is 4.79 Å². The largest absolute Gasteiger partial charge is 0.328 e. The molecule has 2 rings (SSSR count). The molecule has 0 aliphatic carbocycles. The van der Waals surface area contributed by atoms with Gasteiger partial charge in [-0.1, -0.05) is 18.5 Å². The molecule has 0 atom stereocenters. The van der Waals surface area contributed by atoms with E-state index in [1.165, 1.54) is 24.0 Å². The summed E-state index contributed by atoms with van der Waals surface area (Å²) in [6.07, 6.45) is 1.44. The molecule has 1 aromatic heterocycles. The highest BCUT2D eigenvalue weighted by atomic mass is 35.5. The van der Waals surface area contributed by atoms with Crippen LogP contribution >= 0.6 is 23.4 Å². The monoisotopic (exact) mass is 308 g/mol. The normalized spacial score (nSPS) is 10.3. The number of carbonyl (C=O) groups is 1. The van der Waals surface area contributed by atoms with Gasteiger partial charge in [-0.05, 0) is 30.0 Å². The molecule has 0 unspecified atom stereocenters. The average molecular weight is 309 g/mol. The van der Waals surface area contributed by atoms with Gasteiger partial charge >= 0.3 is 0 Å². The zero-order valence-corrected chi connectivity index (χ0v) is 12.3. The van der Waals surface area contributed by atoms with Crippen molar-refractivity contribution in [3.63, 3.8) is 0 Å². The van der Waals surface area contributed by atoms with E-state index < -0.39 is 0 Å². The van der Waals surface area contributed by atoms with Crippen LogP contribution in [0.3, 0.4) is 0 Å². The standard InChI is InChI=1S/C14H13ClN2O2S/c1-2-20-12-7-13(18)16-8-11(12)14(19)17-10-5-3-9(15)4-6-10/h3-8H,2H2,1H3,(H,16,18)(H,17,19). The molecule has 0 saturated heterocycles. The van der Waals surface area contributed by atoms with Gasteiger partial charge in [0, 0.05) is 27.9 Å². The van der Waals surface area contributed by atoms with E-state index in [0.29, 0.717) is 21.2 Å². The van der Waals surface area contributed by atoms with Gasteiger partial charge in [0.15, 0.2) is 0 Å². The number of benzene rings is 1. The molecule has 1 aromatic carbocycles. The van der Waals surface area contributed by atoms with E-state index >= 15 is 0 Å². The Labute approximate surface area is 125 Å². The number of aromatic amines is 1. The van der Waals surface area contributed by atoms with Crippen LogP contribution in [-0.2, 0) is 0 Å². The minimum atomic E-state index is -0.264. The predicted molar refractivity (Wildman–Crippen MR) is 82.9 cm³/mol. The lowest BCUT2D eigenvalue weighted by molar-refractivity contribution is 0.102. The molecule has 1 heterocycles. The van der Waals surface area contributed by atoms with Crippen molar-refractivity contribution in [2.45, 2.75) is 11.8 Å². The summed E-state index contributed by atoms with van der Waals surface area (Å²) in [6.45, 7) is 1.97. The van der Waals surface area contributed by atoms with Crippen LogP contribution in [0.2, 0.25) is 5.02 Å². The maximum Gasteiger partial charge on any atom is 0.258 e. The molecule has 2 N–H and O–H groups in total. The number of H-pyrrole nitrogens is 1. The summed E-state index contributed by atoms with van der Waals surface area (Å²) in [5.74, 6) is 0.518. The average Bonchev–Trinajstić information content (AvgIpc) is 2.42. The Balaban J connectivity index is 2.24. The Morgan fingerprint density at radius 1 is 1.35 bits per heavy atom. The van der Waals surface area contributed by atoms with Gasteiger partial charge in [0.05, 0.1) is 5.56 Å². The number of anilines is 1. The lowest BCUT2D eigenvalue weighted by Gasteiger charge is -2.08. The molecule has 0 bridgehead atoms. The van der Waals surface area contributed by atoms with Crippen LogP contribution < -0.4 is 10.9 Å². The first-order valence-electron chi connectivity index (χ1n) is 6.02. The molecule has 4 nitrogen and oxygen atoms in total. The van der Waals surface area contributed by atoms with Crippen molar-refractivity contribution in [2.24, 2.45) is 0 Å². The minimum absolute atomic E-state index is 0.219. The van der Waals surface area contributed by atoms with Crippen LogP contribution in [0.25, 0.3) is 0 Å². The van der Waals surface area contributed by atoms with Crippen molar-refractivity contribution in [3.8, 4) is 0 Å². The maximum atomic E-state index is 12.2. The third-order valence-corrected chi connectivity index (χ3v) is 3.72. The van der Waals surface area contributed by atoms with E-state index in [2.05, 4.69) is 10.3 Å². The Kier molecular flexibility index (Phi) is 4.87. The number of aromatic nitrogens is 1. The van der Waals surface area contributed by atoms with Gasteiger partial charge in [0.1, 0.15) is 0 Å². The van der Waals surface area contributed by atoms with Crippen LogP contribution in [0, 0.1) is 0 Å². The molecular formula is C14H13ClN2O2S. The van der Waals surface area contributed by atoms with E-state index in [1.54, 1.807) is 24.3 Å². The molecule has 0 radical (unpaired) electrons. The number of hydrogen-bond acceptors (Lipinski definition) is 3. The summed E-state index contributed by atoms with van der Waals surface area (Å²) < 4.78 is 0. The quantitative estimate of drug-likeness (QED) is 0.851. The predicted octanol–water partition coefficient (Wildman–Crippen LogP) is 3.39. The Hall–Kier alpha value is -1.72. The molecule has 0 saturated carbocycles. The van der Waals surface area contributed by atoms with Crippen LogP contribution in [0.1, 0.15) is 17.3 Å². The van der Waals surface area contributed by atoms with Gasteiger partial charge in [-0.25, -0.2) is 0 Å². The summed E-state index contributed by atoms with van der Waals surface area (Å²) in [6, 6.07) is 8.28.